The van der Waals surface area contributed by atoms with Crippen LogP contribution in [0.1, 0.15) is 10.4 Å². The van der Waals surface area contributed by atoms with E-state index in [-0.39, 0.29) is 5.75 Å². The fourth-order valence-corrected chi connectivity index (χ4v) is 1.91. The van der Waals surface area contributed by atoms with Crippen LogP contribution in [0.5, 0.6) is 11.5 Å². The number of rotatable bonds is 4. The number of nitro groups is 1. The quantitative estimate of drug-likeness (QED) is 0.493. The number of halogens is 1. The lowest BCUT2D eigenvalue weighted by atomic mass is 10.1. The van der Waals surface area contributed by atoms with E-state index in [9.17, 15) is 14.9 Å². The first-order valence-electron chi connectivity index (χ1n) is 5.42. The van der Waals surface area contributed by atoms with Crippen molar-refractivity contribution in [2.75, 3.05) is 0 Å². The molecule has 102 valence electrons. The van der Waals surface area contributed by atoms with E-state index in [1.54, 1.807) is 12.1 Å². The van der Waals surface area contributed by atoms with E-state index in [0.717, 1.165) is 15.7 Å². The number of hydrogen-bond donors (Lipinski definition) is 1. The fraction of sp³-hybridized carbons (Fsp3) is 0. The molecule has 0 heterocycles. The van der Waals surface area contributed by atoms with E-state index in [1.807, 2.05) is 12.1 Å². The number of aromatic carboxylic acids is 1. The van der Waals surface area contributed by atoms with Gasteiger partial charge in [-0.25, -0.2) is 4.79 Å². The van der Waals surface area contributed by atoms with Gasteiger partial charge in [0.15, 0.2) is 0 Å². The maximum atomic E-state index is 11.0. The van der Waals surface area contributed by atoms with Crippen LogP contribution in [0.2, 0.25) is 0 Å². The van der Waals surface area contributed by atoms with E-state index >= 15 is 0 Å². The Labute approximate surface area is 127 Å². The largest absolute Gasteiger partial charge is 0.477 e. The summed E-state index contributed by atoms with van der Waals surface area (Å²) in [4.78, 5) is 21.0. The molecule has 0 bridgehead atoms. The number of ether oxygens (including phenoxy) is 1. The summed E-state index contributed by atoms with van der Waals surface area (Å²) in [5.74, 6) is -0.616. The molecule has 0 aliphatic heterocycles. The van der Waals surface area contributed by atoms with E-state index < -0.39 is 22.1 Å². The molecule has 0 spiro atoms. The maximum Gasteiger partial charge on any atom is 0.342 e. The maximum absolute atomic E-state index is 11.0. The average Bonchev–Trinajstić information content (AvgIpc) is 2.41. The Morgan fingerprint density at radius 3 is 2.30 bits per heavy atom. The molecule has 0 saturated heterocycles. The fourth-order valence-electron chi connectivity index (χ4n) is 1.55. The zero-order valence-corrected chi connectivity index (χ0v) is 12.1. The summed E-state index contributed by atoms with van der Waals surface area (Å²) in [7, 11) is 0. The number of carboxylic acid groups (broad SMARTS) is 1. The van der Waals surface area contributed by atoms with Gasteiger partial charge in [-0.1, -0.05) is 0 Å². The molecule has 0 fully saturated rings. The summed E-state index contributed by atoms with van der Waals surface area (Å²) in [6.45, 7) is 0. The Balaban J connectivity index is 2.34. The minimum atomic E-state index is -1.37. The molecule has 6 nitrogen and oxygen atoms in total. The van der Waals surface area contributed by atoms with E-state index in [0.29, 0.717) is 5.75 Å². The van der Waals surface area contributed by atoms with Crippen LogP contribution in [-0.2, 0) is 0 Å². The van der Waals surface area contributed by atoms with Gasteiger partial charge in [-0.15, -0.1) is 0 Å². The predicted octanol–water partition coefficient (Wildman–Crippen LogP) is 3.69. The molecule has 7 heteroatoms. The van der Waals surface area contributed by atoms with Crippen molar-refractivity contribution in [3.05, 3.63) is 61.7 Å². The standard InChI is InChI=1S/C13H8INO5/c14-8-1-3-9(4-2-8)20-10-5-6-12(15(18)19)11(7-10)13(16)17/h1-7H,(H,16,17). The van der Waals surface area contributed by atoms with Gasteiger partial charge in [0.2, 0.25) is 0 Å². The van der Waals surface area contributed by atoms with E-state index in [1.165, 1.54) is 6.07 Å². The summed E-state index contributed by atoms with van der Waals surface area (Å²) in [5.41, 5.74) is -0.870. The summed E-state index contributed by atoms with van der Waals surface area (Å²) in [5, 5.41) is 19.7. The van der Waals surface area contributed by atoms with Crippen molar-refractivity contribution in [2.45, 2.75) is 0 Å². The molecule has 1 N–H and O–H groups in total. The summed E-state index contributed by atoms with van der Waals surface area (Å²) < 4.78 is 6.50. The zero-order valence-electron chi connectivity index (χ0n) is 9.95. The van der Waals surface area contributed by atoms with Gasteiger partial charge < -0.3 is 9.84 Å². The van der Waals surface area contributed by atoms with Crippen LogP contribution < -0.4 is 4.74 Å². The molecular formula is C13H8INO5. The molecule has 2 aromatic rings. The third kappa shape index (κ3) is 3.23. The molecule has 20 heavy (non-hydrogen) atoms. The molecule has 0 unspecified atom stereocenters. The lowest BCUT2D eigenvalue weighted by Gasteiger charge is -2.06. The molecule has 0 aliphatic carbocycles. The van der Waals surface area contributed by atoms with Gasteiger partial charge in [0, 0.05) is 15.7 Å². The van der Waals surface area contributed by atoms with Gasteiger partial charge in [-0.2, -0.15) is 0 Å². The highest BCUT2D eigenvalue weighted by atomic mass is 127. The van der Waals surface area contributed by atoms with Crippen LogP contribution in [0, 0.1) is 13.7 Å². The topological polar surface area (TPSA) is 89.7 Å². The van der Waals surface area contributed by atoms with E-state index in [4.69, 9.17) is 9.84 Å². The minimum absolute atomic E-state index is 0.231. The SMILES string of the molecule is O=C(O)c1cc(Oc2ccc(I)cc2)ccc1[N+](=O)[O-]. The monoisotopic (exact) mass is 385 g/mol. The van der Waals surface area contributed by atoms with Crippen LogP contribution in [-0.4, -0.2) is 16.0 Å². The van der Waals surface area contributed by atoms with Crippen LogP contribution in [0.15, 0.2) is 42.5 Å². The summed E-state index contributed by atoms with van der Waals surface area (Å²) >= 11 is 2.14. The zero-order chi connectivity index (χ0) is 14.7. The second-order valence-corrected chi connectivity index (χ2v) is 5.04. The van der Waals surface area contributed by atoms with E-state index in [2.05, 4.69) is 22.6 Å². The Morgan fingerprint density at radius 2 is 1.75 bits per heavy atom. The molecule has 2 rings (SSSR count). The molecule has 0 amide bonds. The number of carboxylic acids is 1. The number of nitrogens with zero attached hydrogens (tertiary/aromatic N) is 1. The third-order valence-electron chi connectivity index (χ3n) is 2.44. The molecule has 0 saturated carbocycles. The minimum Gasteiger partial charge on any atom is -0.477 e. The van der Waals surface area contributed by atoms with Crippen molar-refractivity contribution >= 4 is 34.2 Å². The van der Waals surface area contributed by atoms with Crippen molar-refractivity contribution in [2.24, 2.45) is 0 Å². The Morgan fingerprint density at radius 1 is 1.15 bits per heavy atom. The van der Waals surface area contributed by atoms with Crippen LogP contribution >= 0.6 is 22.6 Å². The number of benzene rings is 2. The highest BCUT2D eigenvalue weighted by Gasteiger charge is 2.20. The van der Waals surface area contributed by atoms with Gasteiger partial charge in [0.25, 0.3) is 5.69 Å². The molecular weight excluding hydrogens is 377 g/mol. The normalized spacial score (nSPS) is 10.1. The first-order valence-corrected chi connectivity index (χ1v) is 6.50. The van der Waals surface area contributed by atoms with Crippen LogP contribution in [0.4, 0.5) is 5.69 Å². The molecule has 0 radical (unpaired) electrons. The van der Waals surface area contributed by atoms with Crippen molar-refractivity contribution in [1.29, 1.82) is 0 Å². The summed E-state index contributed by atoms with van der Waals surface area (Å²) in [6, 6.07) is 10.7. The average molecular weight is 385 g/mol. The molecule has 0 aliphatic rings. The number of hydrogen-bond acceptors (Lipinski definition) is 4. The number of nitro benzene ring substituents is 1. The van der Waals surface area contributed by atoms with Gasteiger partial charge >= 0.3 is 5.97 Å². The van der Waals surface area contributed by atoms with Gasteiger partial charge in [-0.05, 0) is 52.9 Å². The van der Waals surface area contributed by atoms with Crippen molar-refractivity contribution in [3.8, 4) is 11.5 Å². The lowest BCUT2D eigenvalue weighted by Crippen LogP contribution is -2.02. The molecule has 2 aromatic carbocycles. The van der Waals surface area contributed by atoms with Gasteiger partial charge in [0.05, 0.1) is 4.92 Å². The van der Waals surface area contributed by atoms with Crippen LogP contribution in [0.3, 0.4) is 0 Å². The highest BCUT2D eigenvalue weighted by Crippen LogP contribution is 2.28. The first-order chi connectivity index (χ1) is 9.47. The summed E-state index contributed by atoms with van der Waals surface area (Å²) in [6.07, 6.45) is 0. The second kappa shape index (κ2) is 5.87. The first kappa shape index (κ1) is 14.3. The van der Waals surface area contributed by atoms with Gasteiger partial charge in [-0.3, -0.25) is 10.1 Å². The van der Waals surface area contributed by atoms with Gasteiger partial charge in [0.1, 0.15) is 17.1 Å². The lowest BCUT2D eigenvalue weighted by molar-refractivity contribution is -0.385. The Kier molecular flexibility index (Phi) is 4.18. The van der Waals surface area contributed by atoms with Crippen molar-refractivity contribution in [1.82, 2.24) is 0 Å². The molecule has 0 atom stereocenters. The van der Waals surface area contributed by atoms with Crippen molar-refractivity contribution in [3.63, 3.8) is 0 Å². The number of carbonyl (C=O) groups is 1. The van der Waals surface area contributed by atoms with Crippen molar-refractivity contribution < 1.29 is 19.6 Å². The molecule has 0 aromatic heterocycles. The van der Waals surface area contributed by atoms with Crippen LogP contribution in [0.25, 0.3) is 0 Å². The predicted molar refractivity (Wildman–Crippen MR) is 79.3 cm³/mol. The Hall–Kier alpha value is -2.16. The smallest absolute Gasteiger partial charge is 0.342 e. The Bertz CT molecular complexity index is 669. The highest BCUT2D eigenvalue weighted by molar-refractivity contribution is 14.1. The third-order valence-corrected chi connectivity index (χ3v) is 3.16. The second-order valence-electron chi connectivity index (χ2n) is 3.80.